The van der Waals surface area contributed by atoms with Crippen molar-refractivity contribution >= 4 is 23.0 Å². The molecule has 0 aliphatic heterocycles. The van der Waals surface area contributed by atoms with E-state index in [0.29, 0.717) is 23.9 Å². The van der Waals surface area contributed by atoms with Gasteiger partial charge in [0.25, 0.3) is 0 Å². The van der Waals surface area contributed by atoms with Crippen molar-refractivity contribution in [1.29, 1.82) is 0 Å². The van der Waals surface area contributed by atoms with Crippen LogP contribution in [-0.4, -0.2) is 9.97 Å². The van der Waals surface area contributed by atoms with Gasteiger partial charge >= 0.3 is 0 Å². The van der Waals surface area contributed by atoms with Crippen LogP contribution in [0.4, 0.5) is 23.0 Å². The number of nitrogens with one attached hydrogen (secondary N) is 2. The van der Waals surface area contributed by atoms with Crippen molar-refractivity contribution in [3.05, 3.63) is 71.0 Å². The molecule has 0 aliphatic carbocycles. The maximum absolute atomic E-state index is 6.26. The van der Waals surface area contributed by atoms with Gasteiger partial charge in [0.2, 0.25) is 0 Å². The normalized spacial score (nSPS) is 10.5. The second-order valence-corrected chi connectivity index (χ2v) is 6.27. The first-order valence-electron chi connectivity index (χ1n) is 8.27. The third-order valence-electron chi connectivity index (χ3n) is 4.11. The van der Waals surface area contributed by atoms with Crippen LogP contribution in [0, 0.1) is 20.8 Å². The van der Waals surface area contributed by atoms with Crippen molar-refractivity contribution in [1.82, 2.24) is 9.97 Å². The number of benzene rings is 2. The maximum Gasteiger partial charge on any atom is 0.159 e. The van der Waals surface area contributed by atoms with Crippen LogP contribution in [0.2, 0.25) is 0 Å². The maximum atomic E-state index is 6.26. The SMILES string of the molecule is Cc1ccc(CNc2ncnc(Nc3cc(C)ccc3C)c2N)cc1. The quantitative estimate of drug-likeness (QED) is 0.647. The molecule has 5 nitrogen and oxygen atoms in total. The van der Waals surface area contributed by atoms with Gasteiger partial charge in [-0.3, -0.25) is 0 Å². The first-order valence-corrected chi connectivity index (χ1v) is 8.27. The van der Waals surface area contributed by atoms with Gasteiger partial charge in [-0.05, 0) is 43.5 Å². The number of nitrogen functional groups attached to an aromatic ring is 1. The van der Waals surface area contributed by atoms with Gasteiger partial charge in [0, 0.05) is 12.2 Å². The first kappa shape index (κ1) is 16.8. The van der Waals surface area contributed by atoms with E-state index in [0.717, 1.165) is 11.3 Å². The lowest BCUT2D eigenvalue weighted by Gasteiger charge is -2.14. The molecule has 0 fully saturated rings. The number of anilines is 4. The molecule has 3 rings (SSSR count). The Morgan fingerprint density at radius 3 is 2.32 bits per heavy atom. The Balaban J connectivity index is 1.77. The van der Waals surface area contributed by atoms with E-state index in [9.17, 15) is 0 Å². The number of aryl methyl sites for hydroxylation is 3. The third-order valence-corrected chi connectivity index (χ3v) is 4.11. The second kappa shape index (κ2) is 7.21. The Labute approximate surface area is 148 Å². The van der Waals surface area contributed by atoms with Gasteiger partial charge in [-0.15, -0.1) is 0 Å². The number of aromatic nitrogens is 2. The molecule has 1 aromatic heterocycles. The second-order valence-electron chi connectivity index (χ2n) is 6.27. The Kier molecular flexibility index (Phi) is 4.84. The van der Waals surface area contributed by atoms with Crippen LogP contribution in [0.3, 0.4) is 0 Å². The van der Waals surface area contributed by atoms with E-state index in [4.69, 9.17) is 5.73 Å². The van der Waals surface area contributed by atoms with E-state index < -0.39 is 0 Å². The van der Waals surface area contributed by atoms with Crippen molar-refractivity contribution < 1.29 is 0 Å². The molecule has 5 heteroatoms. The van der Waals surface area contributed by atoms with Crippen LogP contribution in [0.1, 0.15) is 22.3 Å². The first-order chi connectivity index (χ1) is 12.0. The summed E-state index contributed by atoms with van der Waals surface area (Å²) in [7, 11) is 0. The lowest BCUT2D eigenvalue weighted by molar-refractivity contribution is 1.08. The molecule has 0 unspecified atom stereocenters. The van der Waals surface area contributed by atoms with Gasteiger partial charge in [-0.2, -0.15) is 0 Å². The molecule has 3 aromatic rings. The predicted octanol–water partition coefficient (Wildman–Crippen LogP) is 4.34. The number of rotatable bonds is 5. The molecule has 1 heterocycles. The van der Waals surface area contributed by atoms with Crippen LogP contribution >= 0.6 is 0 Å². The Bertz CT molecular complexity index is 872. The zero-order valence-electron chi connectivity index (χ0n) is 14.8. The summed E-state index contributed by atoms with van der Waals surface area (Å²) >= 11 is 0. The lowest BCUT2D eigenvalue weighted by atomic mass is 10.1. The fourth-order valence-electron chi connectivity index (χ4n) is 2.53. The molecule has 25 heavy (non-hydrogen) atoms. The largest absolute Gasteiger partial charge is 0.393 e. The topological polar surface area (TPSA) is 75.9 Å². The van der Waals surface area contributed by atoms with Crippen LogP contribution in [-0.2, 0) is 6.54 Å². The summed E-state index contributed by atoms with van der Waals surface area (Å²) in [5.41, 5.74) is 12.5. The van der Waals surface area contributed by atoms with Crippen LogP contribution in [0.15, 0.2) is 48.8 Å². The van der Waals surface area contributed by atoms with E-state index in [1.165, 1.54) is 23.0 Å². The van der Waals surface area contributed by atoms with Gasteiger partial charge in [0.1, 0.15) is 12.0 Å². The van der Waals surface area contributed by atoms with E-state index in [1.807, 2.05) is 0 Å². The van der Waals surface area contributed by atoms with E-state index in [2.05, 4.69) is 83.8 Å². The lowest BCUT2D eigenvalue weighted by Crippen LogP contribution is -2.08. The van der Waals surface area contributed by atoms with Crippen molar-refractivity contribution in [2.75, 3.05) is 16.4 Å². The molecule has 4 N–H and O–H groups in total. The summed E-state index contributed by atoms with van der Waals surface area (Å²) in [5, 5.41) is 6.60. The average molecular weight is 333 g/mol. The minimum Gasteiger partial charge on any atom is -0.393 e. The van der Waals surface area contributed by atoms with E-state index in [-0.39, 0.29) is 0 Å². The molecule has 0 radical (unpaired) electrons. The number of hydrogen-bond acceptors (Lipinski definition) is 5. The highest BCUT2D eigenvalue weighted by molar-refractivity contribution is 5.78. The highest BCUT2D eigenvalue weighted by Gasteiger charge is 2.09. The van der Waals surface area contributed by atoms with Gasteiger partial charge in [0.05, 0.1) is 0 Å². The highest BCUT2D eigenvalue weighted by atomic mass is 15.1. The molecule has 0 saturated carbocycles. The molecule has 0 atom stereocenters. The minimum absolute atomic E-state index is 0.510. The van der Waals surface area contributed by atoms with Crippen molar-refractivity contribution in [2.45, 2.75) is 27.3 Å². The Hall–Kier alpha value is -3.08. The van der Waals surface area contributed by atoms with Gasteiger partial charge in [0.15, 0.2) is 11.6 Å². The molecule has 0 aliphatic rings. The minimum atomic E-state index is 0.510. The summed E-state index contributed by atoms with van der Waals surface area (Å²) in [6.07, 6.45) is 1.52. The predicted molar refractivity (Wildman–Crippen MR) is 104 cm³/mol. The smallest absolute Gasteiger partial charge is 0.159 e. The van der Waals surface area contributed by atoms with E-state index in [1.54, 1.807) is 0 Å². The summed E-state index contributed by atoms with van der Waals surface area (Å²) in [5.74, 6) is 1.23. The van der Waals surface area contributed by atoms with E-state index >= 15 is 0 Å². The van der Waals surface area contributed by atoms with Crippen LogP contribution in [0.5, 0.6) is 0 Å². The molecule has 0 spiro atoms. The summed E-state index contributed by atoms with van der Waals surface area (Å²) < 4.78 is 0. The fourth-order valence-corrected chi connectivity index (χ4v) is 2.53. The summed E-state index contributed by atoms with van der Waals surface area (Å²) in [6, 6.07) is 14.6. The van der Waals surface area contributed by atoms with Gasteiger partial charge in [-0.1, -0.05) is 42.0 Å². The summed E-state index contributed by atoms with van der Waals surface area (Å²) in [4.78, 5) is 8.55. The van der Waals surface area contributed by atoms with Crippen LogP contribution < -0.4 is 16.4 Å². The molecular weight excluding hydrogens is 310 g/mol. The fraction of sp³-hybridized carbons (Fsp3) is 0.200. The number of hydrogen-bond donors (Lipinski definition) is 3. The number of nitrogens with two attached hydrogens (primary N) is 1. The molecule has 0 bridgehead atoms. The Morgan fingerprint density at radius 1 is 0.880 bits per heavy atom. The zero-order chi connectivity index (χ0) is 17.8. The third kappa shape index (κ3) is 4.07. The van der Waals surface area contributed by atoms with Crippen molar-refractivity contribution in [3.63, 3.8) is 0 Å². The average Bonchev–Trinajstić information content (AvgIpc) is 2.60. The van der Waals surface area contributed by atoms with Crippen molar-refractivity contribution in [2.24, 2.45) is 0 Å². The molecule has 128 valence electrons. The summed E-state index contributed by atoms with van der Waals surface area (Å²) in [6.45, 7) is 6.84. The Morgan fingerprint density at radius 2 is 1.56 bits per heavy atom. The molecule has 2 aromatic carbocycles. The van der Waals surface area contributed by atoms with Gasteiger partial charge in [-0.25, -0.2) is 9.97 Å². The van der Waals surface area contributed by atoms with Gasteiger partial charge < -0.3 is 16.4 Å². The highest BCUT2D eigenvalue weighted by Crippen LogP contribution is 2.28. The molecular formula is C20H23N5. The monoisotopic (exact) mass is 333 g/mol. The molecule has 0 amide bonds. The van der Waals surface area contributed by atoms with Crippen LogP contribution in [0.25, 0.3) is 0 Å². The standard InChI is InChI=1S/C20H23N5/c1-13-5-8-16(9-6-13)11-22-19-18(21)20(24-12-23-19)25-17-10-14(2)4-7-15(17)3/h4-10,12H,11,21H2,1-3H3,(H2,22,23,24,25). The number of nitrogens with zero attached hydrogens (tertiary/aromatic N) is 2. The zero-order valence-corrected chi connectivity index (χ0v) is 14.8. The molecule has 0 saturated heterocycles. The van der Waals surface area contributed by atoms with Crippen molar-refractivity contribution in [3.8, 4) is 0 Å².